The van der Waals surface area contributed by atoms with Gasteiger partial charge in [-0.1, -0.05) is 0 Å². The molecule has 3 nitrogen and oxygen atoms in total. The van der Waals surface area contributed by atoms with Gasteiger partial charge in [-0.15, -0.1) is 11.3 Å². The van der Waals surface area contributed by atoms with E-state index in [1.165, 1.54) is 15.8 Å². The fourth-order valence-electron chi connectivity index (χ4n) is 2.27. The number of anilines is 1. The molecule has 0 unspecified atom stereocenters. The SMILES string of the molecule is Cc1cc2nc3ccc(N)cc3sc-2cc1=[N+](C)C. The van der Waals surface area contributed by atoms with Gasteiger partial charge in [-0.2, -0.15) is 0 Å². The number of fused-ring (bicyclic) bond motifs is 2. The normalized spacial score (nSPS) is 11.1. The average molecular weight is 270 g/mol. The Morgan fingerprint density at radius 1 is 1.16 bits per heavy atom. The zero-order valence-electron chi connectivity index (χ0n) is 11.3. The fourth-order valence-corrected chi connectivity index (χ4v) is 3.30. The molecule has 3 rings (SSSR count). The molecule has 19 heavy (non-hydrogen) atoms. The summed E-state index contributed by atoms with van der Waals surface area (Å²) in [5.74, 6) is 0. The molecule has 1 aromatic carbocycles. The lowest BCUT2D eigenvalue weighted by Gasteiger charge is -2.07. The Morgan fingerprint density at radius 2 is 1.95 bits per heavy atom. The number of aryl methyl sites for hydroxylation is 1. The Morgan fingerprint density at radius 3 is 2.68 bits per heavy atom. The first-order chi connectivity index (χ1) is 9.04. The van der Waals surface area contributed by atoms with Crippen LogP contribution in [0, 0.1) is 6.92 Å². The molecular weight excluding hydrogens is 254 g/mol. The molecule has 0 fully saturated rings. The highest BCUT2D eigenvalue weighted by molar-refractivity contribution is 7.21. The number of nitrogens with zero attached hydrogens (tertiary/aromatic N) is 2. The Hall–Kier alpha value is -1.94. The van der Waals surface area contributed by atoms with Crippen molar-refractivity contribution in [1.82, 2.24) is 9.56 Å². The zero-order chi connectivity index (χ0) is 13.6. The van der Waals surface area contributed by atoms with Crippen LogP contribution in [0.4, 0.5) is 5.69 Å². The highest BCUT2D eigenvalue weighted by Crippen LogP contribution is 2.30. The molecule has 0 bridgehead atoms. The van der Waals surface area contributed by atoms with E-state index in [0.29, 0.717) is 0 Å². The van der Waals surface area contributed by atoms with Crippen molar-refractivity contribution in [1.29, 1.82) is 0 Å². The van der Waals surface area contributed by atoms with Crippen molar-refractivity contribution in [2.75, 3.05) is 19.8 Å². The van der Waals surface area contributed by atoms with E-state index in [1.807, 2.05) is 18.2 Å². The van der Waals surface area contributed by atoms with Crippen LogP contribution in [-0.4, -0.2) is 19.1 Å². The quantitative estimate of drug-likeness (QED) is 0.387. The molecule has 0 radical (unpaired) electrons. The zero-order valence-corrected chi connectivity index (χ0v) is 12.1. The van der Waals surface area contributed by atoms with Crippen LogP contribution in [0.25, 0.3) is 20.8 Å². The molecule has 0 saturated heterocycles. The molecule has 1 aliphatic carbocycles. The van der Waals surface area contributed by atoms with E-state index in [9.17, 15) is 0 Å². The third-order valence-electron chi connectivity index (χ3n) is 3.20. The largest absolute Gasteiger partial charge is 0.399 e. The minimum Gasteiger partial charge on any atom is -0.399 e. The Bertz CT molecular complexity index is 813. The van der Waals surface area contributed by atoms with Gasteiger partial charge in [0, 0.05) is 17.3 Å². The topological polar surface area (TPSA) is 41.9 Å². The second kappa shape index (κ2) is 4.31. The lowest BCUT2D eigenvalue weighted by Crippen LogP contribution is -2.24. The summed E-state index contributed by atoms with van der Waals surface area (Å²) in [6.45, 7) is 2.12. The molecule has 1 aromatic rings. The van der Waals surface area contributed by atoms with Gasteiger partial charge in [0.05, 0.1) is 20.8 Å². The number of rotatable bonds is 0. The first-order valence-corrected chi connectivity index (χ1v) is 6.97. The van der Waals surface area contributed by atoms with Gasteiger partial charge in [0.15, 0.2) is 0 Å². The third-order valence-corrected chi connectivity index (χ3v) is 4.30. The molecule has 1 heterocycles. The van der Waals surface area contributed by atoms with E-state index in [1.54, 1.807) is 11.3 Å². The number of benzene rings is 2. The van der Waals surface area contributed by atoms with E-state index in [2.05, 4.69) is 37.7 Å². The van der Waals surface area contributed by atoms with Gasteiger partial charge in [0.1, 0.15) is 14.1 Å². The summed E-state index contributed by atoms with van der Waals surface area (Å²) in [6.07, 6.45) is 0. The van der Waals surface area contributed by atoms with Crippen LogP contribution >= 0.6 is 11.3 Å². The number of nitrogen functional groups attached to an aromatic ring is 1. The van der Waals surface area contributed by atoms with Crippen molar-refractivity contribution in [3.8, 4) is 10.6 Å². The van der Waals surface area contributed by atoms with Crippen molar-refractivity contribution < 1.29 is 0 Å². The molecule has 1 aliphatic heterocycles. The van der Waals surface area contributed by atoms with E-state index < -0.39 is 0 Å². The average Bonchev–Trinajstić information content (AvgIpc) is 2.35. The molecule has 0 saturated carbocycles. The maximum Gasteiger partial charge on any atom is 0.203 e. The Labute approximate surface area is 116 Å². The second-order valence-electron chi connectivity index (χ2n) is 4.94. The second-order valence-corrected chi connectivity index (χ2v) is 6.03. The molecule has 0 aromatic heterocycles. The van der Waals surface area contributed by atoms with Crippen molar-refractivity contribution in [2.45, 2.75) is 6.92 Å². The Balaban J connectivity index is 2.44. The van der Waals surface area contributed by atoms with Gasteiger partial charge in [-0.05, 0) is 31.2 Å². The summed E-state index contributed by atoms with van der Waals surface area (Å²) in [5.41, 5.74) is 9.92. The third kappa shape index (κ3) is 2.08. The molecule has 96 valence electrons. The molecular formula is C15H16N3S+. The van der Waals surface area contributed by atoms with Gasteiger partial charge in [-0.3, -0.25) is 0 Å². The van der Waals surface area contributed by atoms with Crippen LogP contribution < -0.4 is 15.7 Å². The fraction of sp³-hybridized carbons (Fsp3) is 0.200. The standard InChI is InChI=1S/C15H15N3S/c1-9-6-12-15(8-13(9)18(2)3)19-14-7-10(16)4-5-11(14)17-12/h4-8,16H,1-3H3/p+1. The van der Waals surface area contributed by atoms with Crippen molar-refractivity contribution in [3.63, 3.8) is 0 Å². The summed E-state index contributed by atoms with van der Waals surface area (Å²) in [4.78, 5) is 5.90. The van der Waals surface area contributed by atoms with Gasteiger partial charge in [0.25, 0.3) is 0 Å². The molecule has 0 atom stereocenters. The van der Waals surface area contributed by atoms with Crippen LogP contribution in [0.1, 0.15) is 5.56 Å². The molecule has 2 aliphatic rings. The molecule has 0 amide bonds. The van der Waals surface area contributed by atoms with Gasteiger partial charge < -0.3 is 5.73 Å². The van der Waals surface area contributed by atoms with E-state index in [0.717, 1.165) is 21.6 Å². The first kappa shape index (κ1) is 12.1. The minimum atomic E-state index is 0.782. The lowest BCUT2D eigenvalue weighted by molar-refractivity contribution is 0.806. The van der Waals surface area contributed by atoms with Gasteiger partial charge in [0.2, 0.25) is 5.36 Å². The van der Waals surface area contributed by atoms with Crippen molar-refractivity contribution in [2.24, 2.45) is 0 Å². The Kier molecular flexibility index (Phi) is 2.75. The maximum atomic E-state index is 5.84. The van der Waals surface area contributed by atoms with Crippen molar-refractivity contribution >= 4 is 27.2 Å². The van der Waals surface area contributed by atoms with E-state index >= 15 is 0 Å². The van der Waals surface area contributed by atoms with E-state index in [4.69, 9.17) is 10.7 Å². The summed E-state index contributed by atoms with van der Waals surface area (Å²) < 4.78 is 3.26. The molecule has 2 N–H and O–H groups in total. The van der Waals surface area contributed by atoms with Crippen LogP contribution in [-0.2, 0) is 0 Å². The monoisotopic (exact) mass is 270 g/mol. The number of aromatic nitrogens is 1. The summed E-state index contributed by atoms with van der Waals surface area (Å²) in [7, 11) is 4.12. The highest BCUT2D eigenvalue weighted by atomic mass is 32.1. The number of hydrogen-bond acceptors (Lipinski definition) is 3. The number of hydrogen-bond donors (Lipinski definition) is 1. The molecule has 0 spiro atoms. The van der Waals surface area contributed by atoms with Crippen LogP contribution in [0.15, 0.2) is 30.3 Å². The smallest absolute Gasteiger partial charge is 0.203 e. The van der Waals surface area contributed by atoms with Crippen LogP contribution in [0.3, 0.4) is 0 Å². The summed E-state index contributed by atoms with van der Waals surface area (Å²) in [5, 5.41) is 1.23. The van der Waals surface area contributed by atoms with Crippen LogP contribution in [0.5, 0.6) is 0 Å². The maximum absolute atomic E-state index is 5.84. The van der Waals surface area contributed by atoms with Crippen LogP contribution in [0.2, 0.25) is 0 Å². The van der Waals surface area contributed by atoms with Gasteiger partial charge in [-0.25, -0.2) is 9.56 Å². The predicted octanol–water partition coefficient (Wildman–Crippen LogP) is 2.32. The van der Waals surface area contributed by atoms with Crippen molar-refractivity contribution in [3.05, 3.63) is 41.3 Å². The molecule has 4 heteroatoms. The lowest BCUT2D eigenvalue weighted by atomic mass is 10.1. The minimum absolute atomic E-state index is 0.782. The highest BCUT2D eigenvalue weighted by Gasteiger charge is 2.11. The first-order valence-electron chi connectivity index (χ1n) is 6.15. The predicted molar refractivity (Wildman–Crippen MR) is 82.5 cm³/mol. The summed E-state index contributed by atoms with van der Waals surface area (Å²) >= 11 is 1.74. The summed E-state index contributed by atoms with van der Waals surface area (Å²) in [6, 6.07) is 10.2. The van der Waals surface area contributed by atoms with E-state index in [-0.39, 0.29) is 0 Å². The van der Waals surface area contributed by atoms with Gasteiger partial charge >= 0.3 is 0 Å². The number of nitrogens with two attached hydrogens (primary N) is 1.